The Kier molecular flexibility index (Phi) is 6.22. The third-order valence-electron chi connectivity index (χ3n) is 3.95. The van der Waals surface area contributed by atoms with Crippen LogP contribution in [0.15, 0.2) is 17.3 Å². The summed E-state index contributed by atoms with van der Waals surface area (Å²) in [6, 6.07) is 1.73. The van der Waals surface area contributed by atoms with E-state index >= 15 is 0 Å². The molecule has 1 N–H and O–H groups in total. The van der Waals surface area contributed by atoms with Crippen LogP contribution in [0.25, 0.3) is 0 Å². The molecule has 3 rings (SSSR count). The molecule has 1 saturated heterocycles. The molecule has 0 unspecified atom stereocenters. The van der Waals surface area contributed by atoms with Crippen molar-refractivity contribution in [1.82, 2.24) is 14.8 Å². The highest BCUT2D eigenvalue weighted by Crippen LogP contribution is 2.24. The number of thioether (sulfide) groups is 1. The number of halogens is 3. The zero-order valence-corrected chi connectivity index (χ0v) is 15.4. The van der Waals surface area contributed by atoms with Gasteiger partial charge in [-0.15, -0.1) is 10.2 Å². The van der Waals surface area contributed by atoms with Crippen molar-refractivity contribution in [3.8, 4) is 0 Å². The standard InChI is InChI=1S/C16H18F3N5O2S/c1-2-24-15(23-5-7-26-8-6-23)21-22-16(24)27-9-12(25)20-11-4-3-10(17)13(18)14(11)19/h3-4H,2,5-9H2,1H3,(H,20,25). The fraction of sp³-hybridized carbons (Fsp3) is 0.438. The smallest absolute Gasteiger partial charge is 0.234 e. The van der Waals surface area contributed by atoms with Gasteiger partial charge >= 0.3 is 0 Å². The van der Waals surface area contributed by atoms with Crippen LogP contribution in [0.4, 0.5) is 24.8 Å². The number of rotatable bonds is 6. The fourth-order valence-corrected chi connectivity index (χ4v) is 3.40. The Morgan fingerprint density at radius 1 is 1.22 bits per heavy atom. The molecule has 0 atom stereocenters. The molecule has 27 heavy (non-hydrogen) atoms. The lowest BCUT2D eigenvalue weighted by atomic mass is 10.3. The summed E-state index contributed by atoms with van der Waals surface area (Å²) in [6.07, 6.45) is 0. The molecular formula is C16H18F3N5O2S. The second-order valence-corrected chi connectivity index (χ2v) is 6.63. The number of nitrogens with zero attached hydrogens (tertiary/aromatic N) is 4. The van der Waals surface area contributed by atoms with E-state index in [1.165, 1.54) is 0 Å². The van der Waals surface area contributed by atoms with Crippen LogP contribution in [-0.4, -0.2) is 52.7 Å². The summed E-state index contributed by atoms with van der Waals surface area (Å²) in [7, 11) is 0. The molecule has 146 valence electrons. The van der Waals surface area contributed by atoms with Crippen molar-refractivity contribution in [2.75, 3.05) is 42.3 Å². The Balaban J connectivity index is 1.63. The zero-order valence-electron chi connectivity index (χ0n) is 14.5. The van der Waals surface area contributed by atoms with Gasteiger partial charge in [0.1, 0.15) is 0 Å². The molecule has 2 heterocycles. The molecule has 0 aliphatic carbocycles. The van der Waals surface area contributed by atoms with Crippen LogP contribution in [0.1, 0.15) is 6.92 Å². The third kappa shape index (κ3) is 4.35. The molecule has 2 aromatic rings. The van der Waals surface area contributed by atoms with Crippen LogP contribution in [-0.2, 0) is 16.1 Å². The van der Waals surface area contributed by atoms with Gasteiger partial charge in [-0.25, -0.2) is 13.2 Å². The van der Waals surface area contributed by atoms with Gasteiger partial charge in [-0.3, -0.25) is 9.36 Å². The summed E-state index contributed by atoms with van der Waals surface area (Å²) in [5, 5.41) is 11.1. The Hall–Kier alpha value is -2.27. The normalized spacial score (nSPS) is 14.4. The van der Waals surface area contributed by atoms with Crippen molar-refractivity contribution in [2.24, 2.45) is 0 Å². The highest BCUT2D eigenvalue weighted by Gasteiger charge is 2.21. The van der Waals surface area contributed by atoms with Crippen LogP contribution in [0.2, 0.25) is 0 Å². The molecule has 1 aliphatic rings. The number of ether oxygens (including phenoxy) is 1. The molecule has 0 radical (unpaired) electrons. The number of aromatic nitrogens is 3. The van der Waals surface area contributed by atoms with Gasteiger partial charge in [0.2, 0.25) is 11.9 Å². The van der Waals surface area contributed by atoms with Gasteiger partial charge in [-0.1, -0.05) is 11.8 Å². The Bertz CT molecular complexity index is 827. The van der Waals surface area contributed by atoms with Crippen LogP contribution in [0.5, 0.6) is 0 Å². The number of hydrogen-bond acceptors (Lipinski definition) is 6. The summed E-state index contributed by atoms with van der Waals surface area (Å²) in [5.41, 5.74) is -0.412. The topological polar surface area (TPSA) is 72.3 Å². The first kappa shape index (κ1) is 19.5. The maximum absolute atomic E-state index is 13.6. The number of nitrogens with one attached hydrogen (secondary N) is 1. The molecule has 1 amide bonds. The zero-order chi connectivity index (χ0) is 19.4. The summed E-state index contributed by atoms with van der Waals surface area (Å²) in [5.74, 6) is -4.31. The first-order chi connectivity index (χ1) is 13.0. The van der Waals surface area contributed by atoms with Gasteiger partial charge in [0.15, 0.2) is 22.6 Å². The molecule has 7 nitrogen and oxygen atoms in total. The molecule has 1 aliphatic heterocycles. The Morgan fingerprint density at radius 2 is 1.96 bits per heavy atom. The van der Waals surface area contributed by atoms with E-state index in [1.54, 1.807) is 0 Å². The average molecular weight is 401 g/mol. The van der Waals surface area contributed by atoms with Crippen molar-refractivity contribution >= 4 is 29.3 Å². The number of carbonyl (C=O) groups excluding carboxylic acids is 1. The lowest BCUT2D eigenvalue weighted by Gasteiger charge is -2.27. The number of benzene rings is 1. The van der Waals surface area contributed by atoms with Crippen molar-refractivity contribution in [3.63, 3.8) is 0 Å². The summed E-state index contributed by atoms with van der Waals surface area (Å²) < 4.78 is 47.0. The van der Waals surface area contributed by atoms with E-state index in [2.05, 4.69) is 20.4 Å². The summed E-state index contributed by atoms with van der Waals surface area (Å²) >= 11 is 1.13. The van der Waals surface area contributed by atoms with Crippen LogP contribution in [0, 0.1) is 17.5 Å². The number of anilines is 2. The second kappa shape index (κ2) is 8.61. The van der Waals surface area contributed by atoms with Crippen molar-refractivity contribution in [2.45, 2.75) is 18.6 Å². The molecule has 0 bridgehead atoms. The van der Waals surface area contributed by atoms with Crippen LogP contribution >= 0.6 is 11.8 Å². The van der Waals surface area contributed by atoms with E-state index in [0.29, 0.717) is 44.0 Å². The predicted molar refractivity (Wildman–Crippen MR) is 94.4 cm³/mol. The average Bonchev–Trinajstić information content (AvgIpc) is 3.10. The van der Waals surface area contributed by atoms with E-state index in [9.17, 15) is 18.0 Å². The molecule has 1 fully saturated rings. The summed E-state index contributed by atoms with van der Waals surface area (Å²) in [6.45, 7) is 5.19. The number of hydrogen-bond donors (Lipinski definition) is 1. The van der Waals surface area contributed by atoms with Crippen molar-refractivity contribution in [1.29, 1.82) is 0 Å². The Labute approximate surface area is 157 Å². The van der Waals surface area contributed by atoms with E-state index in [1.807, 2.05) is 11.5 Å². The number of amides is 1. The van der Waals surface area contributed by atoms with E-state index in [0.717, 1.165) is 23.9 Å². The van der Waals surface area contributed by atoms with Crippen LogP contribution < -0.4 is 10.2 Å². The minimum atomic E-state index is -1.62. The largest absolute Gasteiger partial charge is 0.378 e. The minimum Gasteiger partial charge on any atom is -0.378 e. The minimum absolute atomic E-state index is 0.0837. The molecule has 0 spiro atoms. The predicted octanol–water partition coefficient (Wildman–Crippen LogP) is 2.28. The van der Waals surface area contributed by atoms with E-state index < -0.39 is 29.0 Å². The van der Waals surface area contributed by atoms with Crippen molar-refractivity contribution in [3.05, 3.63) is 29.6 Å². The fourth-order valence-electron chi connectivity index (χ4n) is 2.60. The lowest BCUT2D eigenvalue weighted by molar-refractivity contribution is -0.113. The van der Waals surface area contributed by atoms with Gasteiger partial charge in [-0.2, -0.15) is 0 Å². The SMILES string of the molecule is CCn1c(SCC(=O)Nc2ccc(F)c(F)c2F)nnc1N1CCOCC1. The lowest BCUT2D eigenvalue weighted by Crippen LogP contribution is -2.38. The number of morpholine rings is 1. The third-order valence-corrected chi connectivity index (χ3v) is 4.92. The quantitative estimate of drug-likeness (QED) is 0.592. The summed E-state index contributed by atoms with van der Waals surface area (Å²) in [4.78, 5) is 14.1. The van der Waals surface area contributed by atoms with Crippen LogP contribution in [0.3, 0.4) is 0 Å². The van der Waals surface area contributed by atoms with E-state index in [4.69, 9.17) is 4.74 Å². The number of carbonyl (C=O) groups is 1. The maximum Gasteiger partial charge on any atom is 0.234 e. The molecule has 11 heteroatoms. The first-order valence-electron chi connectivity index (χ1n) is 8.33. The molecule has 1 aromatic heterocycles. The maximum atomic E-state index is 13.6. The first-order valence-corrected chi connectivity index (χ1v) is 9.31. The highest BCUT2D eigenvalue weighted by atomic mass is 32.2. The van der Waals surface area contributed by atoms with E-state index in [-0.39, 0.29) is 5.75 Å². The van der Waals surface area contributed by atoms with Gasteiger partial charge in [-0.05, 0) is 19.1 Å². The second-order valence-electron chi connectivity index (χ2n) is 5.69. The van der Waals surface area contributed by atoms with Gasteiger partial charge < -0.3 is 15.0 Å². The molecular weight excluding hydrogens is 383 g/mol. The highest BCUT2D eigenvalue weighted by molar-refractivity contribution is 7.99. The monoisotopic (exact) mass is 401 g/mol. The Morgan fingerprint density at radius 3 is 2.67 bits per heavy atom. The van der Waals surface area contributed by atoms with Gasteiger partial charge in [0.05, 0.1) is 24.7 Å². The van der Waals surface area contributed by atoms with Gasteiger partial charge in [0.25, 0.3) is 0 Å². The van der Waals surface area contributed by atoms with Gasteiger partial charge in [0, 0.05) is 19.6 Å². The molecule has 1 aromatic carbocycles. The molecule has 0 saturated carbocycles. The van der Waals surface area contributed by atoms with Crippen molar-refractivity contribution < 1.29 is 22.7 Å².